The summed E-state index contributed by atoms with van der Waals surface area (Å²) in [4.78, 5) is 16.2. The fourth-order valence-electron chi connectivity index (χ4n) is 3.43. The van der Waals surface area contributed by atoms with E-state index in [0.29, 0.717) is 0 Å². The molecule has 0 saturated carbocycles. The quantitative estimate of drug-likeness (QED) is 0.386. The summed E-state index contributed by atoms with van der Waals surface area (Å²) in [5.41, 5.74) is 6.84. The number of para-hydroxylation sites is 2. The lowest BCUT2D eigenvalue weighted by molar-refractivity contribution is 0.262. The minimum atomic E-state index is -0.251. The van der Waals surface area contributed by atoms with Crippen LogP contribution in [-0.4, -0.2) is 11.0 Å². The number of aryl methyl sites for hydroxylation is 2. The van der Waals surface area contributed by atoms with Crippen LogP contribution in [0.3, 0.4) is 0 Å². The summed E-state index contributed by atoms with van der Waals surface area (Å²) in [5, 5.41) is 7.04. The molecule has 2 amide bonds. The number of carbonyl (C=O) groups excluding carboxylic acids is 1. The van der Waals surface area contributed by atoms with Gasteiger partial charge in [-0.1, -0.05) is 73.2 Å². The smallest absolute Gasteiger partial charge is 0.323 e. The van der Waals surface area contributed by atoms with Crippen molar-refractivity contribution in [2.75, 3.05) is 10.6 Å². The summed E-state index contributed by atoms with van der Waals surface area (Å²) in [6, 6.07) is 23.9. The summed E-state index contributed by atoms with van der Waals surface area (Å²) in [6.45, 7) is 4.14. The number of nitrogens with one attached hydrogen (secondary N) is 3. The van der Waals surface area contributed by atoms with Crippen LogP contribution in [0.5, 0.6) is 0 Å². The van der Waals surface area contributed by atoms with Crippen LogP contribution in [0.2, 0.25) is 0 Å². The first-order chi connectivity index (χ1) is 13.7. The SMILES string of the molecule is CCc1ccccc1NC(=O)Nc1c(-c2ccc(C)cc2)[nH]c2ccccc12. The first-order valence-corrected chi connectivity index (χ1v) is 9.49. The van der Waals surface area contributed by atoms with Crippen molar-refractivity contribution in [3.63, 3.8) is 0 Å². The average Bonchev–Trinajstić information content (AvgIpc) is 3.07. The minimum absolute atomic E-state index is 0.251. The number of fused-ring (bicyclic) bond motifs is 1. The van der Waals surface area contributed by atoms with Gasteiger partial charge in [-0.25, -0.2) is 4.79 Å². The molecular formula is C24H23N3O. The van der Waals surface area contributed by atoms with E-state index in [4.69, 9.17) is 0 Å². The molecule has 0 aliphatic heterocycles. The van der Waals surface area contributed by atoms with Gasteiger partial charge in [0.1, 0.15) is 0 Å². The van der Waals surface area contributed by atoms with Gasteiger partial charge in [-0.3, -0.25) is 0 Å². The molecule has 0 radical (unpaired) electrons. The van der Waals surface area contributed by atoms with Gasteiger partial charge in [0.25, 0.3) is 0 Å². The Labute approximate surface area is 164 Å². The Morgan fingerprint density at radius 3 is 2.39 bits per heavy atom. The van der Waals surface area contributed by atoms with Crippen LogP contribution in [0.25, 0.3) is 22.2 Å². The highest BCUT2D eigenvalue weighted by Gasteiger charge is 2.16. The lowest BCUT2D eigenvalue weighted by Crippen LogP contribution is -2.20. The van der Waals surface area contributed by atoms with Crippen molar-refractivity contribution >= 4 is 28.3 Å². The van der Waals surface area contributed by atoms with Crippen molar-refractivity contribution in [3.8, 4) is 11.3 Å². The molecule has 0 unspecified atom stereocenters. The van der Waals surface area contributed by atoms with Gasteiger partial charge in [0.15, 0.2) is 0 Å². The first-order valence-electron chi connectivity index (χ1n) is 9.49. The highest BCUT2D eigenvalue weighted by atomic mass is 16.2. The van der Waals surface area contributed by atoms with Crippen LogP contribution in [0, 0.1) is 6.92 Å². The molecule has 1 aromatic heterocycles. The fourth-order valence-corrected chi connectivity index (χ4v) is 3.43. The lowest BCUT2D eigenvalue weighted by atomic mass is 10.1. The van der Waals surface area contributed by atoms with Gasteiger partial charge in [0.2, 0.25) is 0 Å². The maximum absolute atomic E-state index is 12.8. The predicted molar refractivity (Wildman–Crippen MR) is 117 cm³/mol. The molecule has 0 fully saturated rings. The van der Waals surface area contributed by atoms with E-state index in [1.165, 1.54) is 5.56 Å². The topological polar surface area (TPSA) is 56.9 Å². The van der Waals surface area contributed by atoms with Crippen LogP contribution >= 0.6 is 0 Å². The number of aromatic nitrogens is 1. The van der Waals surface area contributed by atoms with Crippen LogP contribution in [0.4, 0.5) is 16.2 Å². The predicted octanol–water partition coefficient (Wildman–Crippen LogP) is 6.35. The van der Waals surface area contributed by atoms with Gasteiger partial charge in [-0.2, -0.15) is 0 Å². The maximum atomic E-state index is 12.8. The molecule has 140 valence electrons. The molecule has 0 spiro atoms. The molecular weight excluding hydrogens is 346 g/mol. The van der Waals surface area contributed by atoms with E-state index in [1.54, 1.807) is 0 Å². The minimum Gasteiger partial charge on any atom is -0.353 e. The molecule has 0 atom stereocenters. The van der Waals surface area contributed by atoms with E-state index in [2.05, 4.69) is 53.7 Å². The number of aromatic amines is 1. The van der Waals surface area contributed by atoms with E-state index in [-0.39, 0.29) is 6.03 Å². The van der Waals surface area contributed by atoms with Crippen molar-refractivity contribution in [3.05, 3.63) is 83.9 Å². The molecule has 4 nitrogen and oxygen atoms in total. The monoisotopic (exact) mass is 369 g/mol. The lowest BCUT2D eigenvalue weighted by Gasteiger charge is -2.12. The third-order valence-corrected chi connectivity index (χ3v) is 4.93. The number of hydrogen-bond acceptors (Lipinski definition) is 1. The number of rotatable bonds is 4. The molecule has 4 heteroatoms. The van der Waals surface area contributed by atoms with Gasteiger partial charge < -0.3 is 15.6 Å². The van der Waals surface area contributed by atoms with E-state index in [9.17, 15) is 4.79 Å². The number of amides is 2. The van der Waals surface area contributed by atoms with Crippen molar-refractivity contribution in [2.24, 2.45) is 0 Å². The van der Waals surface area contributed by atoms with Gasteiger partial charge in [0.05, 0.1) is 11.4 Å². The number of carbonyl (C=O) groups is 1. The molecule has 3 aromatic carbocycles. The first kappa shape index (κ1) is 17.9. The van der Waals surface area contributed by atoms with Crippen LogP contribution in [0.15, 0.2) is 72.8 Å². The Morgan fingerprint density at radius 2 is 1.61 bits per heavy atom. The Balaban J connectivity index is 1.70. The van der Waals surface area contributed by atoms with E-state index in [1.807, 2.05) is 48.5 Å². The second kappa shape index (κ2) is 7.61. The zero-order valence-corrected chi connectivity index (χ0v) is 16.0. The maximum Gasteiger partial charge on any atom is 0.323 e. The van der Waals surface area contributed by atoms with Crippen molar-refractivity contribution in [2.45, 2.75) is 20.3 Å². The average molecular weight is 369 g/mol. The molecule has 1 heterocycles. The Hall–Kier alpha value is -3.53. The zero-order chi connectivity index (χ0) is 19.5. The van der Waals surface area contributed by atoms with Gasteiger partial charge in [-0.05, 0) is 31.0 Å². The summed E-state index contributed by atoms with van der Waals surface area (Å²) in [7, 11) is 0. The van der Waals surface area contributed by atoms with Crippen LogP contribution in [0.1, 0.15) is 18.1 Å². The largest absolute Gasteiger partial charge is 0.353 e. The Bertz CT molecular complexity index is 1130. The second-order valence-electron chi connectivity index (χ2n) is 6.88. The number of benzene rings is 3. The molecule has 28 heavy (non-hydrogen) atoms. The fraction of sp³-hybridized carbons (Fsp3) is 0.125. The number of H-pyrrole nitrogens is 1. The highest BCUT2D eigenvalue weighted by molar-refractivity contribution is 6.10. The van der Waals surface area contributed by atoms with Crippen molar-refractivity contribution in [1.82, 2.24) is 4.98 Å². The third-order valence-electron chi connectivity index (χ3n) is 4.93. The normalized spacial score (nSPS) is 10.8. The molecule has 3 N–H and O–H groups in total. The summed E-state index contributed by atoms with van der Waals surface area (Å²) >= 11 is 0. The molecule has 4 aromatic rings. The molecule has 4 rings (SSSR count). The van der Waals surface area contributed by atoms with Gasteiger partial charge in [-0.15, -0.1) is 0 Å². The van der Waals surface area contributed by atoms with E-state index < -0.39 is 0 Å². The Kier molecular flexibility index (Phi) is 4.85. The van der Waals surface area contributed by atoms with Crippen LogP contribution in [-0.2, 0) is 6.42 Å². The summed E-state index contributed by atoms with van der Waals surface area (Å²) in [6.07, 6.45) is 0.859. The second-order valence-corrected chi connectivity index (χ2v) is 6.88. The summed E-state index contributed by atoms with van der Waals surface area (Å²) < 4.78 is 0. The number of anilines is 2. The van der Waals surface area contributed by atoms with Gasteiger partial charge >= 0.3 is 6.03 Å². The van der Waals surface area contributed by atoms with Gasteiger partial charge in [0, 0.05) is 22.2 Å². The number of hydrogen-bond donors (Lipinski definition) is 3. The third kappa shape index (κ3) is 3.49. The molecule has 0 saturated heterocycles. The highest BCUT2D eigenvalue weighted by Crippen LogP contribution is 2.35. The number of urea groups is 1. The van der Waals surface area contributed by atoms with E-state index in [0.717, 1.165) is 45.5 Å². The zero-order valence-electron chi connectivity index (χ0n) is 16.0. The Morgan fingerprint density at radius 1 is 0.893 bits per heavy atom. The van der Waals surface area contributed by atoms with E-state index >= 15 is 0 Å². The molecule has 0 aliphatic carbocycles. The van der Waals surface area contributed by atoms with Crippen molar-refractivity contribution < 1.29 is 4.79 Å². The van der Waals surface area contributed by atoms with Crippen molar-refractivity contribution in [1.29, 1.82) is 0 Å². The standard InChI is InChI=1S/C24H23N3O/c1-3-17-8-4-6-10-20(17)26-24(28)27-23-19-9-5-7-11-21(19)25-22(23)18-14-12-16(2)13-15-18/h4-15,25H,3H2,1-2H3,(H2,26,27,28). The molecule has 0 bridgehead atoms. The van der Waals surface area contributed by atoms with Crippen LogP contribution < -0.4 is 10.6 Å². The molecule has 0 aliphatic rings. The summed E-state index contributed by atoms with van der Waals surface area (Å²) in [5.74, 6) is 0.